The first-order valence-electron chi connectivity index (χ1n) is 7.78. The summed E-state index contributed by atoms with van der Waals surface area (Å²) in [5.41, 5.74) is 4.63. The second-order valence-electron chi connectivity index (χ2n) is 6.01. The summed E-state index contributed by atoms with van der Waals surface area (Å²) in [6.45, 7) is 2.80. The van der Waals surface area contributed by atoms with E-state index in [9.17, 15) is 4.79 Å². The zero-order valence-corrected chi connectivity index (χ0v) is 12.9. The number of rotatable bonds is 4. The topological polar surface area (TPSA) is 58.1 Å². The van der Waals surface area contributed by atoms with Crippen LogP contribution in [0.2, 0.25) is 0 Å². The highest BCUT2D eigenvalue weighted by Crippen LogP contribution is 2.30. The number of H-pyrrole nitrogens is 1. The van der Waals surface area contributed by atoms with E-state index in [-0.39, 0.29) is 5.92 Å². The van der Waals surface area contributed by atoms with Crippen LogP contribution in [0, 0.1) is 6.92 Å². The van der Waals surface area contributed by atoms with Crippen molar-refractivity contribution in [3.05, 3.63) is 53.6 Å². The van der Waals surface area contributed by atoms with Crippen molar-refractivity contribution in [3.8, 4) is 0 Å². The second-order valence-corrected chi connectivity index (χ2v) is 6.01. The number of benzene rings is 1. The van der Waals surface area contributed by atoms with E-state index < -0.39 is 0 Å². The van der Waals surface area contributed by atoms with Crippen LogP contribution >= 0.6 is 0 Å². The molecule has 1 N–H and O–H groups in total. The van der Waals surface area contributed by atoms with Gasteiger partial charge in [0.2, 0.25) is 0 Å². The summed E-state index contributed by atoms with van der Waals surface area (Å²) >= 11 is 0. The number of aryl methyl sites for hydroxylation is 1. The predicted octanol–water partition coefficient (Wildman–Crippen LogP) is 3.24. The fourth-order valence-electron chi connectivity index (χ4n) is 2.95. The van der Waals surface area contributed by atoms with Gasteiger partial charge in [0.05, 0.1) is 6.33 Å². The molecule has 0 saturated heterocycles. The van der Waals surface area contributed by atoms with Gasteiger partial charge in [-0.25, -0.2) is 4.98 Å². The van der Waals surface area contributed by atoms with Gasteiger partial charge in [-0.05, 0) is 24.8 Å². The van der Waals surface area contributed by atoms with Gasteiger partial charge >= 0.3 is 0 Å². The Hall–Kier alpha value is -2.23. The standard InChI is InChI=1S/C18H21N3O/c1-13-2-4-14(5-3-13)15-8-17(10-18(22)9-15)20-7-6-16-11-19-12-21-16/h2-5,11-12,15H,6-10H2,1H3,(H,19,21)/t15-/m0/s1. The lowest BCUT2D eigenvalue weighted by Gasteiger charge is -2.23. The molecule has 0 aliphatic heterocycles. The van der Waals surface area contributed by atoms with Crippen LogP contribution in [-0.2, 0) is 11.2 Å². The minimum absolute atomic E-state index is 0.285. The lowest BCUT2D eigenvalue weighted by Crippen LogP contribution is -2.22. The molecule has 0 radical (unpaired) electrons. The van der Waals surface area contributed by atoms with Crippen molar-refractivity contribution in [1.29, 1.82) is 0 Å². The maximum Gasteiger partial charge on any atom is 0.139 e. The third-order valence-corrected chi connectivity index (χ3v) is 4.18. The number of aromatic nitrogens is 2. The SMILES string of the molecule is Cc1ccc([C@@H]2CC(=O)CC(=NCCc3cnc[nH]3)C2)cc1. The first-order valence-corrected chi connectivity index (χ1v) is 7.78. The van der Waals surface area contributed by atoms with Gasteiger partial charge in [0.15, 0.2) is 0 Å². The zero-order chi connectivity index (χ0) is 15.4. The summed E-state index contributed by atoms with van der Waals surface area (Å²) in [4.78, 5) is 23.7. The summed E-state index contributed by atoms with van der Waals surface area (Å²) in [5.74, 6) is 0.588. The molecule has 1 aliphatic rings. The molecule has 4 nitrogen and oxygen atoms in total. The summed E-state index contributed by atoms with van der Waals surface area (Å²) in [7, 11) is 0. The van der Waals surface area contributed by atoms with Crippen LogP contribution in [0.15, 0.2) is 41.8 Å². The van der Waals surface area contributed by atoms with Crippen molar-refractivity contribution in [2.75, 3.05) is 6.54 Å². The number of nitrogens with zero attached hydrogens (tertiary/aromatic N) is 2. The van der Waals surface area contributed by atoms with Crippen LogP contribution in [-0.4, -0.2) is 28.0 Å². The second kappa shape index (κ2) is 6.69. The molecule has 1 aromatic heterocycles. The molecule has 1 aliphatic carbocycles. The fraction of sp³-hybridized carbons (Fsp3) is 0.389. The molecule has 114 valence electrons. The highest BCUT2D eigenvalue weighted by molar-refractivity contribution is 6.05. The van der Waals surface area contributed by atoms with Gasteiger partial charge in [0, 0.05) is 43.4 Å². The van der Waals surface area contributed by atoms with E-state index >= 15 is 0 Å². The van der Waals surface area contributed by atoms with Gasteiger partial charge in [-0.1, -0.05) is 29.8 Å². The van der Waals surface area contributed by atoms with Crippen molar-refractivity contribution in [1.82, 2.24) is 9.97 Å². The molecule has 1 fully saturated rings. The van der Waals surface area contributed by atoms with E-state index in [1.54, 1.807) is 6.33 Å². The van der Waals surface area contributed by atoms with Gasteiger partial charge < -0.3 is 4.98 Å². The zero-order valence-electron chi connectivity index (χ0n) is 12.9. The molecule has 2 aromatic rings. The molecule has 0 unspecified atom stereocenters. The number of aliphatic imine (C=N–C) groups is 1. The number of Topliss-reactive ketones (excluding diaryl/α,β-unsaturated/α-hetero) is 1. The van der Waals surface area contributed by atoms with Crippen LogP contribution in [0.3, 0.4) is 0 Å². The number of aromatic amines is 1. The van der Waals surface area contributed by atoms with Crippen molar-refractivity contribution >= 4 is 11.5 Å². The first-order chi connectivity index (χ1) is 10.7. The minimum Gasteiger partial charge on any atom is -0.348 e. The monoisotopic (exact) mass is 295 g/mol. The number of imidazole rings is 1. The molecule has 1 atom stereocenters. The lowest BCUT2D eigenvalue weighted by molar-refractivity contribution is -0.118. The Labute approximate surface area is 130 Å². The fourth-order valence-corrected chi connectivity index (χ4v) is 2.95. The summed E-state index contributed by atoms with van der Waals surface area (Å²) in [6, 6.07) is 8.51. The molecule has 0 bridgehead atoms. The van der Waals surface area contributed by atoms with Gasteiger partial charge in [0.1, 0.15) is 5.78 Å². The Kier molecular flexibility index (Phi) is 4.47. The largest absolute Gasteiger partial charge is 0.348 e. The normalized spacial score (nSPS) is 20.5. The van der Waals surface area contributed by atoms with Gasteiger partial charge in [0.25, 0.3) is 0 Å². The van der Waals surface area contributed by atoms with E-state index in [2.05, 4.69) is 46.1 Å². The summed E-state index contributed by atoms with van der Waals surface area (Å²) in [6.07, 6.45) is 6.40. The minimum atomic E-state index is 0.285. The Morgan fingerprint density at radius 2 is 2.09 bits per heavy atom. The lowest BCUT2D eigenvalue weighted by atomic mass is 9.82. The maximum atomic E-state index is 12.0. The number of hydrogen-bond acceptors (Lipinski definition) is 3. The van der Waals surface area contributed by atoms with Crippen molar-refractivity contribution in [2.45, 2.75) is 38.5 Å². The predicted molar refractivity (Wildman–Crippen MR) is 87.4 cm³/mol. The van der Waals surface area contributed by atoms with Crippen LogP contribution in [0.1, 0.15) is 42.0 Å². The summed E-state index contributed by atoms with van der Waals surface area (Å²) < 4.78 is 0. The van der Waals surface area contributed by atoms with E-state index in [0.717, 1.165) is 24.2 Å². The third-order valence-electron chi connectivity index (χ3n) is 4.18. The average molecular weight is 295 g/mol. The molecule has 0 amide bonds. The molecule has 4 heteroatoms. The van der Waals surface area contributed by atoms with Crippen LogP contribution in [0.5, 0.6) is 0 Å². The molecule has 1 saturated carbocycles. The van der Waals surface area contributed by atoms with E-state index in [1.165, 1.54) is 11.1 Å². The van der Waals surface area contributed by atoms with Crippen LogP contribution < -0.4 is 0 Å². The Morgan fingerprint density at radius 1 is 1.27 bits per heavy atom. The van der Waals surface area contributed by atoms with Gasteiger partial charge in [-0.15, -0.1) is 0 Å². The van der Waals surface area contributed by atoms with E-state index in [1.807, 2.05) is 6.20 Å². The molecule has 1 heterocycles. The maximum absolute atomic E-state index is 12.0. The van der Waals surface area contributed by atoms with Crippen LogP contribution in [0.4, 0.5) is 0 Å². The quantitative estimate of drug-likeness (QED) is 0.941. The van der Waals surface area contributed by atoms with E-state index in [0.29, 0.717) is 25.2 Å². The number of carbonyl (C=O) groups excluding carboxylic acids is 1. The van der Waals surface area contributed by atoms with Crippen LogP contribution in [0.25, 0.3) is 0 Å². The highest BCUT2D eigenvalue weighted by Gasteiger charge is 2.25. The Balaban J connectivity index is 1.65. The van der Waals surface area contributed by atoms with Crippen molar-refractivity contribution in [2.24, 2.45) is 4.99 Å². The number of ketones is 1. The first kappa shape index (κ1) is 14.7. The Bertz CT molecular complexity index is 656. The molecular weight excluding hydrogens is 274 g/mol. The number of nitrogens with one attached hydrogen (secondary N) is 1. The van der Waals surface area contributed by atoms with Crippen molar-refractivity contribution in [3.63, 3.8) is 0 Å². The number of carbonyl (C=O) groups is 1. The highest BCUT2D eigenvalue weighted by atomic mass is 16.1. The van der Waals surface area contributed by atoms with Crippen molar-refractivity contribution < 1.29 is 4.79 Å². The molecule has 0 spiro atoms. The summed E-state index contributed by atoms with van der Waals surface area (Å²) in [5, 5.41) is 0. The van der Waals surface area contributed by atoms with Gasteiger partial charge in [-0.3, -0.25) is 9.79 Å². The molecule has 3 rings (SSSR count). The van der Waals surface area contributed by atoms with Gasteiger partial charge in [-0.2, -0.15) is 0 Å². The molecular formula is C18H21N3O. The van der Waals surface area contributed by atoms with E-state index in [4.69, 9.17) is 0 Å². The third kappa shape index (κ3) is 3.70. The number of hydrogen-bond donors (Lipinski definition) is 1. The average Bonchev–Trinajstić information content (AvgIpc) is 3.01. The Morgan fingerprint density at radius 3 is 2.82 bits per heavy atom. The smallest absolute Gasteiger partial charge is 0.139 e. The molecule has 1 aromatic carbocycles. The molecule has 22 heavy (non-hydrogen) atoms.